The standard InChI is InChI=1S/C21H20N2O7S2/c24-19-9-7-15(23-11-4-12-32(23,28)29)13-18(19)22-21(25)20-10-8-16(30-20)14-31(26,27)17-5-2-1-3-6-17/h1-3,5-10,13,24H,4,11-12,14H2,(H,22,25). The van der Waals surface area contributed by atoms with Crippen LogP contribution >= 0.6 is 0 Å². The first-order chi connectivity index (χ1) is 15.2. The Labute approximate surface area is 185 Å². The van der Waals surface area contributed by atoms with E-state index in [4.69, 9.17) is 4.42 Å². The van der Waals surface area contributed by atoms with Gasteiger partial charge in [0.15, 0.2) is 15.6 Å². The summed E-state index contributed by atoms with van der Waals surface area (Å²) in [7, 11) is -7.07. The van der Waals surface area contributed by atoms with Crippen molar-refractivity contribution < 1.29 is 31.2 Å². The Morgan fingerprint density at radius 3 is 2.53 bits per heavy atom. The van der Waals surface area contributed by atoms with Gasteiger partial charge in [0.1, 0.15) is 17.3 Å². The molecule has 0 bridgehead atoms. The molecule has 1 aliphatic heterocycles. The highest BCUT2D eigenvalue weighted by Crippen LogP contribution is 2.32. The second-order valence-corrected chi connectivity index (χ2v) is 11.2. The lowest BCUT2D eigenvalue weighted by Gasteiger charge is -2.18. The molecule has 1 amide bonds. The third-order valence-corrected chi connectivity index (χ3v) is 8.46. The van der Waals surface area contributed by atoms with Crippen LogP contribution in [0.25, 0.3) is 0 Å². The van der Waals surface area contributed by atoms with Gasteiger partial charge in [-0.05, 0) is 48.9 Å². The summed E-state index contributed by atoms with van der Waals surface area (Å²) < 4.78 is 55.9. The van der Waals surface area contributed by atoms with Crippen LogP contribution < -0.4 is 9.62 Å². The van der Waals surface area contributed by atoms with Crippen LogP contribution in [-0.4, -0.2) is 40.1 Å². The Kier molecular flexibility index (Phi) is 5.70. The van der Waals surface area contributed by atoms with Gasteiger partial charge in [-0.2, -0.15) is 0 Å². The number of nitrogens with zero attached hydrogens (tertiary/aromatic N) is 1. The molecular weight excluding hydrogens is 456 g/mol. The third kappa shape index (κ3) is 4.48. The first kappa shape index (κ1) is 21.9. The number of amides is 1. The van der Waals surface area contributed by atoms with Crippen molar-refractivity contribution in [3.63, 3.8) is 0 Å². The van der Waals surface area contributed by atoms with E-state index in [0.29, 0.717) is 18.7 Å². The Hall–Kier alpha value is -3.31. The number of carbonyl (C=O) groups excluding carboxylic acids is 1. The first-order valence-electron chi connectivity index (χ1n) is 9.67. The quantitative estimate of drug-likeness (QED) is 0.523. The minimum absolute atomic E-state index is 0.00413. The second-order valence-electron chi connectivity index (χ2n) is 7.24. The lowest BCUT2D eigenvalue weighted by molar-refractivity contribution is 0.0994. The highest BCUT2D eigenvalue weighted by molar-refractivity contribution is 7.93. The topological polar surface area (TPSA) is 134 Å². The summed E-state index contributed by atoms with van der Waals surface area (Å²) in [6, 6.07) is 14.7. The van der Waals surface area contributed by atoms with Crippen LogP contribution in [0.15, 0.2) is 70.0 Å². The fraction of sp³-hybridized carbons (Fsp3) is 0.190. The van der Waals surface area contributed by atoms with E-state index in [0.717, 1.165) is 0 Å². The maximum Gasteiger partial charge on any atom is 0.291 e. The Morgan fingerprint density at radius 1 is 1.09 bits per heavy atom. The van der Waals surface area contributed by atoms with Crippen molar-refractivity contribution in [3.8, 4) is 5.75 Å². The number of carbonyl (C=O) groups is 1. The minimum atomic E-state index is -3.65. The van der Waals surface area contributed by atoms with E-state index in [9.17, 15) is 26.7 Å². The molecule has 1 saturated heterocycles. The van der Waals surface area contributed by atoms with Gasteiger partial charge in [0, 0.05) is 6.54 Å². The Bertz CT molecular complexity index is 1360. The fourth-order valence-corrected chi connectivity index (χ4v) is 6.19. The van der Waals surface area contributed by atoms with E-state index in [2.05, 4.69) is 5.32 Å². The van der Waals surface area contributed by atoms with Crippen LogP contribution in [-0.2, 0) is 25.6 Å². The summed E-state index contributed by atoms with van der Waals surface area (Å²) in [5.74, 6) is -1.42. The number of phenolic OH excluding ortho intramolecular Hbond substituents is 1. The van der Waals surface area contributed by atoms with Gasteiger partial charge >= 0.3 is 0 Å². The van der Waals surface area contributed by atoms with Crippen molar-refractivity contribution in [2.75, 3.05) is 21.9 Å². The summed E-state index contributed by atoms with van der Waals surface area (Å²) in [6.07, 6.45) is 0.492. The van der Waals surface area contributed by atoms with Crippen molar-refractivity contribution in [1.29, 1.82) is 0 Å². The van der Waals surface area contributed by atoms with Crippen LogP contribution in [0.3, 0.4) is 0 Å². The molecule has 1 fully saturated rings. The summed E-state index contributed by atoms with van der Waals surface area (Å²) in [4.78, 5) is 12.7. The molecule has 2 heterocycles. The molecule has 2 N–H and O–H groups in total. The highest BCUT2D eigenvalue weighted by Gasteiger charge is 2.29. The molecule has 3 aromatic rings. The second kappa shape index (κ2) is 8.32. The number of benzene rings is 2. The molecule has 4 rings (SSSR count). The Balaban J connectivity index is 1.51. The lowest BCUT2D eigenvalue weighted by atomic mass is 10.2. The predicted octanol–water partition coefficient (Wildman–Crippen LogP) is 2.75. The molecule has 0 unspecified atom stereocenters. The zero-order valence-corrected chi connectivity index (χ0v) is 18.4. The van der Waals surface area contributed by atoms with Crippen LogP contribution in [0.4, 0.5) is 11.4 Å². The molecule has 0 radical (unpaired) electrons. The van der Waals surface area contributed by atoms with Crippen molar-refractivity contribution in [2.24, 2.45) is 0 Å². The molecule has 0 atom stereocenters. The molecule has 32 heavy (non-hydrogen) atoms. The molecule has 0 aliphatic carbocycles. The molecule has 9 nitrogen and oxygen atoms in total. The lowest BCUT2D eigenvalue weighted by Crippen LogP contribution is -2.25. The number of sulfonamides is 1. The number of rotatable bonds is 6. The van der Waals surface area contributed by atoms with Gasteiger partial charge in [0.2, 0.25) is 10.0 Å². The Morgan fingerprint density at radius 2 is 1.84 bits per heavy atom. The van der Waals surface area contributed by atoms with Crippen molar-refractivity contribution in [1.82, 2.24) is 0 Å². The highest BCUT2D eigenvalue weighted by atomic mass is 32.2. The average Bonchev–Trinajstić information content (AvgIpc) is 3.36. The van der Waals surface area contributed by atoms with Gasteiger partial charge in [-0.3, -0.25) is 9.10 Å². The molecule has 2 aromatic carbocycles. The fourth-order valence-electron chi connectivity index (χ4n) is 3.37. The molecule has 1 aromatic heterocycles. The monoisotopic (exact) mass is 476 g/mol. The number of sulfone groups is 1. The number of hydrogen-bond donors (Lipinski definition) is 2. The van der Waals surface area contributed by atoms with Crippen molar-refractivity contribution >= 4 is 37.1 Å². The van der Waals surface area contributed by atoms with E-state index >= 15 is 0 Å². The average molecular weight is 477 g/mol. The first-order valence-corrected chi connectivity index (χ1v) is 12.9. The number of hydrogen-bond acceptors (Lipinski definition) is 7. The predicted molar refractivity (Wildman–Crippen MR) is 118 cm³/mol. The summed E-state index contributed by atoms with van der Waals surface area (Å²) in [5, 5.41) is 12.6. The molecule has 0 saturated carbocycles. The summed E-state index contributed by atoms with van der Waals surface area (Å²) >= 11 is 0. The van der Waals surface area contributed by atoms with E-state index in [1.807, 2.05) is 0 Å². The van der Waals surface area contributed by atoms with Crippen LogP contribution in [0.5, 0.6) is 5.75 Å². The SMILES string of the molecule is O=C(Nc1cc(N2CCCS2(=O)=O)ccc1O)c1ccc(CS(=O)(=O)c2ccccc2)o1. The molecule has 0 spiro atoms. The summed E-state index contributed by atoms with van der Waals surface area (Å²) in [5.41, 5.74) is 0.328. The third-order valence-electron chi connectivity index (χ3n) is 4.94. The zero-order chi connectivity index (χ0) is 22.9. The van der Waals surface area contributed by atoms with Crippen LogP contribution in [0.2, 0.25) is 0 Å². The van der Waals surface area contributed by atoms with E-state index in [-0.39, 0.29) is 33.6 Å². The van der Waals surface area contributed by atoms with E-state index in [1.54, 1.807) is 18.2 Å². The number of nitrogens with one attached hydrogen (secondary N) is 1. The van der Waals surface area contributed by atoms with Gasteiger partial charge in [0.25, 0.3) is 5.91 Å². The number of aromatic hydroxyl groups is 1. The van der Waals surface area contributed by atoms with Gasteiger partial charge < -0.3 is 14.8 Å². The zero-order valence-electron chi connectivity index (χ0n) is 16.8. The molecule has 168 valence electrons. The molecule has 1 aliphatic rings. The number of anilines is 2. The van der Waals surface area contributed by atoms with E-state index < -0.39 is 31.5 Å². The van der Waals surface area contributed by atoms with Crippen LogP contribution in [0.1, 0.15) is 22.7 Å². The van der Waals surface area contributed by atoms with Crippen molar-refractivity contribution in [3.05, 3.63) is 72.2 Å². The number of phenols is 1. The van der Waals surface area contributed by atoms with Crippen LogP contribution in [0, 0.1) is 0 Å². The maximum absolute atomic E-state index is 12.6. The van der Waals surface area contributed by atoms with Gasteiger partial charge in [0.05, 0.1) is 22.0 Å². The largest absolute Gasteiger partial charge is 0.506 e. The van der Waals surface area contributed by atoms with Gasteiger partial charge in [-0.25, -0.2) is 16.8 Å². The smallest absolute Gasteiger partial charge is 0.291 e. The van der Waals surface area contributed by atoms with Crippen molar-refractivity contribution in [2.45, 2.75) is 17.1 Å². The molecular formula is C21H20N2O7S2. The van der Waals surface area contributed by atoms with Gasteiger partial charge in [-0.15, -0.1) is 0 Å². The normalized spacial score (nSPS) is 15.6. The molecule has 11 heteroatoms. The number of furan rings is 1. The van der Waals surface area contributed by atoms with Gasteiger partial charge in [-0.1, -0.05) is 18.2 Å². The van der Waals surface area contributed by atoms with E-state index in [1.165, 1.54) is 46.8 Å². The maximum atomic E-state index is 12.6. The minimum Gasteiger partial charge on any atom is -0.506 e. The summed E-state index contributed by atoms with van der Waals surface area (Å²) in [6.45, 7) is 0.317.